The third-order valence-electron chi connectivity index (χ3n) is 7.18. The van der Waals surface area contributed by atoms with Crippen LogP contribution in [0.1, 0.15) is 29.2 Å². The van der Waals surface area contributed by atoms with Gasteiger partial charge in [0.05, 0.1) is 31.9 Å². The molecule has 218 valence electrons. The Morgan fingerprint density at radius 3 is 2.34 bits per heavy atom. The lowest BCUT2D eigenvalue weighted by Gasteiger charge is -2.29. The number of methoxy groups -OCH3 is 1. The molecular weight excluding hydrogens is 524 g/mol. The van der Waals surface area contributed by atoms with Crippen molar-refractivity contribution >= 4 is 17.4 Å². The molecule has 2 aliphatic rings. The summed E-state index contributed by atoms with van der Waals surface area (Å²) in [5.74, 6) is -0.0228. The zero-order valence-corrected chi connectivity index (χ0v) is 23.8. The summed E-state index contributed by atoms with van der Waals surface area (Å²) in [6, 6.07) is 9.61. The molecule has 0 saturated carbocycles. The van der Waals surface area contributed by atoms with Gasteiger partial charge in [-0.25, -0.2) is 0 Å². The molecule has 0 bridgehead atoms. The van der Waals surface area contributed by atoms with E-state index in [9.17, 15) is 14.7 Å². The lowest BCUT2D eigenvalue weighted by molar-refractivity contribution is -0.140. The SMILES string of the molecule is C=CCOc1ccc(C(O)=C2C(=O)C(=O)N(CCCN3CCOCC3)C2c2ccc(OCC=C)c(OC)c2)cc1C. The topological polar surface area (TPSA) is 97.8 Å². The van der Waals surface area contributed by atoms with Crippen LogP contribution in [-0.2, 0) is 14.3 Å². The van der Waals surface area contributed by atoms with E-state index in [1.165, 1.54) is 7.11 Å². The van der Waals surface area contributed by atoms with Crippen LogP contribution in [0, 0.1) is 6.92 Å². The summed E-state index contributed by atoms with van der Waals surface area (Å²) in [6.07, 6.45) is 3.94. The molecule has 4 rings (SSSR count). The molecule has 0 aliphatic carbocycles. The van der Waals surface area contributed by atoms with Crippen molar-refractivity contribution in [2.24, 2.45) is 0 Å². The molecular formula is C32H38N2O7. The fraction of sp³-hybridized carbons (Fsp3) is 0.375. The van der Waals surface area contributed by atoms with Gasteiger partial charge in [-0.05, 0) is 54.8 Å². The molecule has 2 aromatic rings. The van der Waals surface area contributed by atoms with Crippen LogP contribution in [0.15, 0.2) is 67.3 Å². The van der Waals surface area contributed by atoms with Crippen LogP contribution in [0.25, 0.3) is 5.76 Å². The smallest absolute Gasteiger partial charge is 0.295 e. The standard InChI is InChI=1S/C32H38N2O7/c1-5-16-40-25-10-9-24(20-22(25)3)30(35)28-29(23-8-11-26(41-17-6-2)27(21-23)38-4)34(32(37)31(28)36)13-7-12-33-14-18-39-19-15-33/h5-6,8-11,20-21,29,35H,1-2,7,12-19H2,3-4H3. The molecule has 0 aromatic heterocycles. The molecule has 2 aliphatic heterocycles. The first-order valence-corrected chi connectivity index (χ1v) is 13.7. The molecule has 2 heterocycles. The number of nitrogens with zero attached hydrogens (tertiary/aromatic N) is 2. The fourth-order valence-electron chi connectivity index (χ4n) is 5.13. The Labute approximate surface area is 241 Å². The second-order valence-corrected chi connectivity index (χ2v) is 9.89. The van der Waals surface area contributed by atoms with E-state index in [1.54, 1.807) is 53.5 Å². The Hall–Kier alpha value is -4.08. The average Bonchev–Trinajstić information content (AvgIpc) is 3.24. The van der Waals surface area contributed by atoms with Crippen LogP contribution in [0.3, 0.4) is 0 Å². The van der Waals surface area contributed by atoms with E-state index in [0.717, 1.165) is 25.2 Å². The number of ether oxygens (including phenoxy) is 4. The number of hydrogen-bond donors (Lipinski definition) is 1. The van der Waals surface area contributed by atoms with Gasteiger partial charge >= 0.3 is 0 Å². The second-order valence-electron chi connectivity index (χ2n) is 9.89. The number of ketones is 1. The minimum Gasteiger partial charge on any atom is -0.507 e. The highest BCUT2D eigenvalue weighted by molar-refractivity contribution is 6.46. The lowest BCUT2D eigenvalue weighted by atomic mass is 9.94. The summed E-state index contributed by atoms with van der Waals surface area (Å²) in [7, 11) is 1.53. The van der Waals surface area contributed by atoms with E-state index in [2.05, 4.69) is 18.1 Å². The third-order valence-corrected chi connectivity index (χ3v) is 7.18. The van der Waals surface area contributed by atoms with Crippen molar-refractivity contribution in [3.05, 3.63) is 84.0 Å². The maximum absolute atomic E-state index is 13.5. The van der Waals surface area contributed by atoms with E-state index in [1.807, 2.05) is 6.92 Å². The zero-order valence-electron chi connectivity index (χ0n) is 23.8. The van der Waals surface area contributed by atoms with Crippen LogP contribution >= 0.6 is 0 Å². The quantitative estimate of drug-likeness (QED) is 0.167. The van der Waals surface area contributed by atoms with Crippen LogP contribution in [0.5, 0.6) is 17.2 Å². The maximum atomic E-state index is 13.5. The number of aliphatic hydroxyl groups is 1. The van der Waals surface area contributed by atoms with E-state index < -0.39 is 17.7 Å². The van der Waals surface area contributed by atoms with Crippen LogP contribution < -0.4 is 14.2 Å². The molecule has 2 fully saturated rings. The monoisotopic (exact) mass is 562 g/mol. The van der Waals surface area contributed by atoms with Gasteiger partial charge in [0.15, 0.2) is 11.5 Å². The lowest BCUT2D eigenvalue weighted by Crippen LogP contribution is -2.39. The van der Waals surface area contributed by atoms with Gasteiger partial charge in [-0.1, -0.05) is 31.4 Å². The molecule has 9 nitrogen and oxygen atoms in total. The largest absolute Gasteiger partial charge is 0.507 e. The Morgan fingerprint density at radius 1 is 1.00 bits per heavy atom. The number of likely N-dealkylation sites (tertiary alicyclic amines) is 1. The minimum absolute atomic E-state index is 0.0299. The number of rotatable bonds is 13. The average molecular weight is 563 g/mol. The normalized spacial score (nSPS) is 18.8. The van der Waals surface area contributed by atoms with E-state index >= 15 is 0 Å². The number of carbonyl (C=O) groups excluding carboxylic acids is 2. The first kappa shape index (κ1) is 29.9. The summed E-state index contributed by atoms with van der Waals surface area (Å²) < 4.78 is 22.4. The van der Waals surface area contributed by atoms with Gasteiger partial charge in [0.2, 0.25) is 0 Å². The highest BCUT2D eigenvalue weighted by Crippen LogP contribution is 2.42. The van der Waals surface area contributed by atoms with Crippen LogP contribution in [-0.4, -0.2) is 86.3 Å². The molecule has 1 N–H and O–H groups in total. The summed E-state index contributed by atoms with van der Waals surface area (Å²) in [4.78, 5) is 30.7. The van der Waals surface area contributed by atoms with Gasteiger partial charge in [0.1, 0.15) is 24.7 Å². The van der Waals surface area contributed by atoms with Gasteiger partial charge in [0, 0.05) is 31.7 Å². The summed E-state index contributed by atoms with van der Waals surface area (Å²) >= 11 is 0. The number of aryl methyl sites for hydroxylation is 1. The Kier molecular flexibility index (Phi) is 10.2. The van der Waals surface area contributed by atoms with Crippen molar-refractivity contribution in [3.8, 4) is 17.2 Å². The maximum Gasteiger partial charge on any atom is 0.295 e. The predicted molar refractivity (Wildman–Crippen MR) is 156 cm³/mol. The zero-order chi connectivity index (χ0) is 29.4. The molecule has 2 saturated heterocycles. The molecule has 41 heavy (non-hydrogen) atoms. The van der Waals surface area contributed by atoms with Gasteiger partial charge < -0.3 is 29.0 Å². The molecule has 1 amide bonds. The molecule has 0 spiro atoms. The minimum atomic E-state index is -0.806. The molecule has 9 heteroatoms. The van der Waals surface area contributed by atoms with E-state index in [-0.39, 0.29) is 11.3 Å². The van der Waals surface area contributed by atoms with Crippen molar-refractivity contribution in [1.29, 1.82) is 0 Å². The number of aliphatic hydroxyl groups excluding tert-OH is 1. The molecule has 1 atom stereocenters. The van der Waals surface area contributed by atoms with Crippen LogP contribution in [0.2, 0.25) is 0 Å². The van der Waals surface area contributed by atoms with Crippen molar-refractivity contribution in [2.75, 3.05) is 59.7 Å². The molecule has 0 radical (unpaired) electrons. The van der Waals surface area contributed by atoms with E-state index in [4.69, 9.17) is 18.9 Å². The number of morpholine rings is 1. The van der Waals surface area contributed by atoms with Crippen molar-refractivity contribution in [3.63, 3.8) is 0 Å². The molecule has 2 aromatic carbocycles. The number of carbonyl (C=O) groups is 2. The van der Waals surface area contributed by atoms with Gasteiger partial charge in [-0.2, -0.15) is 0 Å². The first-order valence-electron chi connectivity index (χ1n) is 13.7. The van der Waals surface area contributed by atoms with Gasteiger partial charge in [-0.15, -0.1) is 0 Å². The molecule has 1 unspecified atom stereocenters. The number of amides is 1. The van der Waals surface area contributed by atoms with Crippen molar-refractivity contribution in [2.45, 2.75) is 19.4 Å². The highest BCUT2D eigenvalue weighted by atomic mass is 16.5. The summed E-state index contributed by atoms with van der Waals surface area (Å²) in [6.45, 7) is 14.0. The summed E-state index contributed by atoms with van der Waals surface area (Å²) in [5.41, 5.74) is 1.85. The third kappa shape index (κ3) is 6.81. The van der Waals surface area contributed by atoms with E-state index in [0.29, 0.717) is 67.8 Å². The summed E-state index contributed by atoms with van der Waals surface area (Å²) in [5, 5.41) is 11.5. The Balaban J connectivity index is 1.73. The fourth-order valence-corrected chi connectivity index (χ4v) is 5.13. The number of hydrogen-bond acceptors (Lipinski definition) is 8. The number of Topliss-reactive ketones (excluding diaryl/α,β-unsaturated/α-hetero) is 1. The Bertz CT molecular complexity index is 1310. The first-order chi connectivity index (χ1) is 19.9. The number of benzene rings is 2. The van der Waals surface area contributed by atoms with Gasteiger partial charge in [0.25, 0.3) is 11.7 Å². The van der Waals surface area contributed by atoms with Crippen molar-refractivity contribution in [1.82, 2.24) is 9.80 Å². The highest BCUT2D eigenvalue weighted by Gasteiger charge is 2.46. The van der Waals surface area contributed by atoms with Crippen LogP contribution in [0.4, 0.5) is 0 Å². The Morgan fingerprint density at radius 2 is 1.68 bits per heavy atom. The second kappa shape index (κ2) is 14.0. The predicted octanol–water partition coefficient (Wildman–Crippen LogP) is 4.28. The van der Waals surface area contributed by atoms with Gasteiger partial charge in [-0.3, -0.25) is 14.5 Å². The van der Waals surface area contributed by atoms with Crippen molar-refractivity contribution < 1.29 is 33.6 Å².